The van der Waals surface area contributed by atoms with Crippen molar-refractivity contribution >= 4 is 0 Å². The predicted molar refractivity (Wildman–Crippen MR) is 46.9 cm³/mol. The maximum absolute atomic E-state index is 4.13. The molecule has 0 aromatic carbocycles. The lowest BCUT2D eigenvalue weighted by molar-refractivity contribution is 0.435. The summed E-state index contributed by atoms with van der Waals surface area (Å²) in [5.74, 6) is 0.678. The molecule has 0 saturated heterocycles. The molecule has 3 heteroatoms. The molecule has 1 aliphatic rings. The molecule has 1 fully saturated rings. The third kappa shape index (κ3) is 1.36. The van der Waals surface area contributed by atoms with Gasteiger partial charge in [-0.1, -0.05) is 24.5 Å². The van der Waals surface area contributed by atoms with Gasteiger partial charge in [-0.3, -0.25) is 5.10 Å². The molecule has 3 nitrogen and oxygen atoms in total. The van der Waals surface area contributed by atoms with Gasteiger partial charge in [0.15, 0.2) is 0 Å². The number of aryl methyl sites for hydroxylation is 1. The van der Waals surface area contributed by atoms with Crippen LogP contribution in [0.25, 0.3) is 0 Å². The van der Waals surface area contributed by atoms with Crippen LogP contribution in [-0.2, 0) is 0 Å². The molecule has 1 saturated carbocycles. The fraction of sp³-hybridized carbons (Fsp3) is 0.778. The van der Waals surface area contributed by atoms with Crippen LogP contribution in [0.1, 0.15) is 49.4 Å². The van der Waals surface area contributed by atoms with Crippen LogP contribution in [0.3, 0.4) is 0 Å². The van der Waals surface area contributed by atoms with Gasteiger partial charge in [-0.25, -0.2) is 0 Å². The number of H-pyrrole nitrogens is 1. The summed E-state index contributed by atoms with van der Waals surface area (Å²) in [6, 6.07) is 0. The minimum atomic E-state index is 0.678. The Kier molecular flexibility index (Phi) is 2.11. The van der Waals surface area contributed by atoms with Gasteiger partial charge < -0.3 is 0 Å². The molecule has 66 valence electrons. The summed E-state index contributed by atoms with van der Waals surface area (Å²) in [5.41, 5.74) is 2.36. The monoisotopic (exact) mass is 165 g/mol. The SMILES string of the molecule is Cc1[nH]nnc1C1CCCCC1. The topological polar surface area (TPSA) is 41.6 Å². The highest BCUT2D eigenvalue weighted by Gasteiger charge is 2.19. The van der Waals surface area contributed by atoms with E-state index in [2.05, 4.69) is 22.3 Å². The molecule has 2 rings (SSSR count). The van der Waals surface area contributed by atoms with E-state index in [9.17, 15) is 0 Å². The molecular formula is C9H15N3. The molecule has 0 atom stereocenters. The fourth-order valence-electron chi connectivity index (χ4n) is 2.05. The average Bonchev–Trinajstić information content (AvgIpc) is 2.53. The number of hydrogen-bond donors (Lipinski definition) is 1. The lowest BCUT2D eigenvalue weighted by Gasteiger charge is -2.19. The van der Waals surface area contributed by atoms with Gasteiger partial charge in [-0.15, -0.1) is 5.10 Å². The van der Waals surface area contributed by atoms with Gasteiger partial charge in [0.1, 0.15) is 0 Å². The molecule has 0 spiro atoms. The largest absolute Gasteiger partial charge is 0.262 e. The first-order chi connectivity index (χ1) is 5.88. The maximum Gasteiger partial charge on any atom is 0.0884 e. The molecule has 0 amide bonds. The third-order valence-electron chi connectivity index (χ3n) is 2.75. The Hall–Kier alpha value is -0.860. The van der Waals surface area contributed by atoms with Crippen molar-refractivity contribution in [1.82, 2.24) is 15.4 Å². The molecular weight excluding hydrogens is 150 g/mol. The number of rotatable bonds is 1. The van der Waals surface area contributed by atoms with Crippen LogP contribution in [0.4, 0.5) is 0 Å². The Morgan fingerprint density at radius 1 is 1.25 bits per heavy atom. The van der Waals surface area contributed by atoms with E-state index in [-0.39, 0.29) is 0 Å². The summed E-state index contributed by atoms with van der Waals surface area (Å²) < 4.78 is 0. The van der Waals surface area contributed by atoms with E-state index < -0.39 is 0 Å². The molecule has 12 heavy (non-hydrogen) atoms. The predicted octanol–water partition coefficient (Wildman–Crippen LogP) is 2.16. The van der Waals surface area contributed by atoms with Crippen LogP contribution >= 0.6 is 0 Å². The fourth-order valence-corrected chi connectivity index (χ4v) is 2.05. The van der Waals surface area contributed by atoms with E-state index in [1.54, 1.807) is 0 Å². The minimum absolute atomic E-state index is 0.678. The lowest BCUT2D eigenvalue weighted by atomic mass is 9.86. The maximum atomic E-state index is 4.13. The van der Waals surface area contributed by atoms with E-state index >= 15 is 0 Å². The number of aromatic amines is 1. The smallest absolute Gasteiger partial charge is 0.0884 e. The second-order valence-corrected chi connectivity index (χ2v) is 3.66. The zero-order chi connectivity index (χ0) is 8.39. The van der Waals surface area contributed by atoms with Gasteiger partial charge in [-0.2, -0.15) is 0 Å². The molecule has 0 radical (unpaired) electrons. The summed E-state index contributed by atoms with van der Waals surface area (Å²) in [7, 11) is 0. The molecule has 1 aromatic heterocycles. The number of nitrogens with zero attached hydrogens (tertiary/aromatic N) is 2. The summed E-state index contributed by atoms with van der Waals surface area (Å²) in [6.07, 6.45) is 6.71. The lowest BCUT2D eigenvalue weighted by Crippen LogP contribution is -2.06. The normalized spacial score (nSPS) is 19.8. The summed E-state index contributed by atoms with van der Waals surface area (Å²) in [4.78, 5) is 0. The zero-order valence-electron chi connectivity index (χ0n) is 7.51. The Labute approximate surface area is 72.6 Å². The van der Waals surface area contributed by atoms with Gasteiger partial charge in [0.2, 0.25) is 0 Å². The van der Waals surface area contributed by atoms with Crippen molar-refractivity contribution in [2.24, 2.45) is 0 Å². The molecule has 0 aliphatic heterocycles. The standard InChI is InChI=1S/C9H15N3/c1-7-9(11-12-10-7)8-5-3-2-4-6-8/h8H,2-6H2,1H3,(H,10,11,12). The van der Waals surface area contributed by atoms with E-state index in [1.807, 2.05) is 0 Å². The Balaban J connectivity index is 2.13. The van der Waals surface area contributed by atoms with Gasteiger partial charge in [-0.05, 0) is 19.8 Å². The first-order valence-corrected chi connectivity index (χ1v) is 4.75. The van der Waals surface area contributed by atoms with Crippen molar-refractivity contribution in [2.45, 2.75) is 44.9 Å². The van der Waals surface area contributed by atoms with Gasteiger partial charge >= 0.3 is 0 Å². The molecule has 1 N–H and O–H groups in total. The summed E-state index contributed by atoms with van der Waals surface area (Å²) in [6.45, 7) is 2.06. The quantitative estimate of drug-likeness (QED) is 0.692. The van der Waals surface area contributed by atoms with Gasteiger partial charge in [0.05, 0.1) is 11.4 Å². The highest BCUT2D eigenvalue weighted by molar-refractivity contribution is 5.12. The van der Waals surface area contributed by atoms with Crippen LogP contribution in [0.5, 0.6) is 0 Å². The van der Waals surface area contributed by atoms with Crippen molar-refractivity contribution in [3.05, 3.63) is 11.4 Å². The van der Waals surface area contributed by atoms with E-state index in [0.29, 0.717) is 5.92 Å². The molecule has 1 aliphatic carbocycles. The molecule has 0 unspecified atom stereocenters. The first-order valence-electron chi connectivity index (χ1n) is 4.75. The van der Waals surface area contributed by atoms with Crippen molar-refractivity contribution in [1.29, 1.82) is 0 Å². The van der Waals surface area contributed by atoms with Crippen LogP contribution in [-0.4, -0.2) is 15.4 Å². The second-order valence-electron chi connectivity index (χ2n) is 3.66. The van der Waals surface area contributed by atoms with E-state index in [4.69, 9.17) is 0 Å². The minimum Gasteiger partial charge on any atom is -0.262 e. The number of nitrogens with one attached hydrogen (secondary N) is 1. The summed E-state index contributed by atoms with van der Waals surface area (Å²) >= 11 is 0. The van der Waals surface area contributed by atoms with Crippen LogP contribution in [0.2, 0.25) is 0 Å². The highest BCUT2D eigenvalue weighted by Crippen LogP contribution is 2.32. The van der Waals surface area contributed by atoms with Crippen molar-refractivity contribution in [2.75, 3.05) is 0 Å². The van der Waals surface area contributed by atoms with Crippen molar-refractivity contribution in [3.63, 3.8) is 0 Å². The average molecular weight is 165 g/mol. The van der Waals surface area contributed by atoms with Crippen LogP contribution < -0.4 is 0 Å². The molecule has 0 bridgehead atoms. The second kappa shape index (κ2) is 3.25. The summed E-state index contributed by atoms with van der Waals surface area (Å²) in [5, 5.41) is 10.9. The van der Waals surface area contributed by atoms with Gasteiger partial charge in [0, 0.05) is 5.92 Å². The molecule has 1 heterocycles. The number of hydrogen-bond acceptors (Lipinski definition) is 2. The van der Waals surface area contributed by atoms with Crippen LogP contribution in [0, 0.1) is 6.92 Å². The van der Waals surface area contributed by atoms with E-state index in [1.165, 1.54) is 37.8 Å². The first kappa shape index (κ1) is 7.77. The van der Waals surface area contributed by atoms with Crippen molar-refractivity contribution in [3.8, 4) is 0 Å². The van der Waals surface area contributed by atoms with Gasteiger partial charge in [0.25, 0.3) is 0 Å². The highest BCUT2D eigenvalue weighted by atomic mass is 15.3. The van der Waals surface area contributed by atoms with Crippen molar-refractivity contribution < 1.29 is 0 Å². The Morgan fingerprint density at radius 3 is 2.58 bits per heavy atom. The third-order valence-corrected chi connectivity index (χ3v) is 2.75. The molecule has 1 aromatic rings. The van der Waals surface area contributed by atoms with E-state index in [0.717, 1.165) is 5.69 Å². The Morgan fingerprint density at radius 2 is 2.00 bits per heavy atom. The zero-order valence-corrected chi connectivity index (χ0v) is 7.51. The Bertz CT molecular complexity index is 248. The number of aromatic nitrogens is 3. The van der Waals surface area contributed by atoms with Crippen LogP contribution in [0.15, 0.2) is 0 Å².